The zero-order valence-electron chi connectivity index (χ0n) is 11.0. The van der Waals surface area contributed by atoms with E-state index in [-0.39, 0.29) is 6.61 Å². The summed E-state index contributed by atoms with van der Waals surface area (Å²) in [6.45, 7) is 0.667. The summed E-state index contributed by atoms with van der Waals surface area (Å²) >= 11 is 0. The molecule has 1 aliphatic carbocycles. The minimum atomic E-state index is -0.0518. The first kappa shape index (κ1) is 12.4. The Bertz CT molecular complexity index is 564. The van der Waals surface area contributed by atoms with Crippen molar-refractivity contribution in [1.29, 1.82) is 0 Å². The number of hydrogen-bond donors (Lipinski definition) is 1. The molecule has 1 aromatic heterocycles. The molecule has 100 valence electrons. The van der Waals surface area contributed by atoms with Crippen LogP contribution in [-0.4, -0.2) is 16.7 Å². The molecule has 0 unspecified atom stereocenters. The second kappa shape index (κ2) is 5.57. The second-order valence-corrected chi connectivity index (χ2v) is 5.23. The lowest BCUT2D eigenvalue weighted by atomic mass is 9.83. The summed E-state index contributed by atoms with van der Waals surface area (Å²) in [7, 11) is 0. The molecule has 3 nitrogen and oxygen atoms in total. The molecule has 19 heavy (non-hydrogen) atoms. The van der Waals surface area contributed by atoms with Crippen molar-refractivity contribution in [3.63, 3.8) is 0 Å². The van der Waals surface area contributed by atoms with Gasteiger partial charge in [-0.05, 0) is 29.9 Å². The monoisotopic (exact) mass is 257 g/mol. The summed E-state index contributed by atoms with van der Waals surface area (Å²) in [6, 6.07) is 9.92. The normalized spacial score (nSPS) is 15.4. The number of benzene rings is 1. The number of pyridine rings is 1. The molecule has 0 atom stereocenters. The van der Waals surface area contributed by atoms with E-state index in [0.29, 0.717) is 11.6 Å². The zero-order chi connectivity index (χ0) is 13.1. The summed E-state index contributed by atoms with van der Waals surface area (Å²) < 4.78 is 5.85. The first-order chi connectivity index (χ1) is 9.36. The number of aliphatic hydroxyl groups is 1. The smallest absolute Gasteiger partial charge is 0.221 e. The van der Waals surface area contributed by atoms with Crippen LogP contribution in [0.15, 0.2) is 30.3 Å². The maximum absolute atomic E-state index is 9.26. The summed E-state index contributed by atoms with van der Waals surface area (Å²) in [4.78, 5) is 4.39. The largest absolute Gasteiger partial charge is 0.477 e. The van der Waals surface area contributed by atoms with Crippen molar-refractivity contribution < 1.29 is 9.84 Å². The van der Waals surface area contributed by atoms with Gasteiger partial charge in [0, 0.05) is 5.39 Å². The quantitative estimate of drug-likeness (QED) is 0.893. The van der Waals surface area contributed by atoms with E-state index in [1.165, 1.54) is 19.3 Å². The molecule has 0 amide bonds. The standard InChI is InChI=1S/C16H19NO2/c18-11-14-10-13-6-1-2-7-15(13)16(17-14)19-9-8-12-4-3-5-12/h1-2,6-7,10,12,18H,3-5,8-9,11H2. The maximum atomic E-state index is 9.26. The van der Waals surface area contributed by atoms with Gasteiger partial charge in [0.2, 0.25) is 5.88 Å². The lowest BCUT2D eigenvalue weighted by Crippen LogP contribution is -2.15. The van der Waals surface area contributed by atoms with Gasteiger partial charge in [0.15, 0.2) is 0 Å². The maximum Gasteiger partial charge on any atom is 0.221 e. The molecule has 0 saturated heterocycles. The Morgan fingerprint density at radius 1 is 1.26 bits per heavy atom. The molecule has 1 saturated carbocycles. The first-order valence-electron chi connectivity index (χ1n) is 6.99. The zero-order valence-corrected chi connectivity index (χ0v) is 11.0. The molecule has 1 fully saturated rings. The fourth-order valence-electron chi connectivity index (χ4n) is 2.51. The highest BCUT2D eigenvalue weighted by Gasteiger charge is 2.17. The molecule has 0 radical (unpaired) electrons. The first-order valence-corrected chi connectivity index (χ1v) is 6.99. The van der Waals surface area contributed by atoms with Crippen LogP contribution in [-0.2, 0) is 6.61 Å². The van der Waals surface area contributed by atoms with Gasteiger partial charge >= 0.3 is 0 Å². The van der Waals surface area contributed by atoms with Crippen molar-refractivity contribution in [3.05, 3.63) is 36.0 Å². The lowest BCUT2D eigenvalue weighted by molar-refractivity contribution is 0.217. The number of fused-ring (bicyclic) bond motifs is 1. The number of aliphatic hydroxyl groups excluding tert-OH is 1. The van der Waals surface area contributed by atoms with Gasteiger partial charge in [-0.3, -0.25) is 0 Å². The third-order valence-electron chi connectivity index (χ3n) is 3.91. The highest BCUT2D eigenvalue weighted by Crippen LogP contribution is 2.30. The lowest BCUT2D eigenvalue weighted by Gasteiger charge is -2.25. The van der Waals surface area contributed by atoms with Crippen LogP contribution >= 0.6 is 0 Å². The van der Waals surface area contributed by atoms with Gasteiger partial charge in [0.05, 0.1) is 18.9 Å². The topological polar surface area (TPSA) is 42.4 Å². The van der Waals surface area contributed by atoms with E-state index in [0.717, 1.165) is 29.7 Å². The Kier molecular flexibility index (Phi) is 3.65. The van der Waals surface area contributed by atoms with E-state index < -0.39 is 0 Å². The average molecular weight is 257 g/mol. The molecule has 1 aliphatic rings. The van der Waals surface area contributed by atoms with Gasteiger partial charge in [0.1, 0.15) is 0 Å². The summed E-state index contributed by atoms with van der Waals surface area (Å²) in [5.74, 6) is 1.49. The molecular formula is C16H19NO2. The number of nitrogens with zero attached hydrogens (tertiary/aromatic N) is 1. The number of hydrogen-bond acceptors (Lipinski definition) is 3. The Hall–Kier alpha value is -1.61. The van der Waals surface area contributed by atoms with Gasteiger partial charge in [-0.2, -0.15) is 0 Å². The van der Waals surface area contributed by atoms with Crippen molar-refractivity contribution in [3.8, 4) is 5.88 Å². The Balaban J connectivity index is 1.79. The van der Waals surface area contributed by atoms with Gasteiger partial charge in [0.25, 0.3) is 0 Å². The van der Waals surface area contributed by atoms with Crippen molar-refractivity contribution in [2.45, 2.75) is 32.3 Å². The van der Waals surface area contributed by atoms with Crippen LogP contribution < -0.4 is 4.74 Å². The van der Waals surface area contributed by atoms with Crippen LogP contribution in [0.2, 0.25) is 0 Å². The summed E-state index contributed by atoms with van der Waals surface area (Å²) in [5.41, 5.74) is 0.664. The second-order valence-electron chi connectivity index (χ2n) is 5.23. The summed E-state index contributed by atoms with van der Waals surface area (Å²) in [5, 5.41) is 11.4. The van der Waals surface area contributed by atoms with Gasteiger partial charge < -0.3 is 9.84 Å². The van der Waals surface area contributed by atoms with Gasteiger partial charge in [-0.1, -0.05) is 37.5 Å². The Morgan fingerprint density at radius 2 is 2.11 bits per heavy atom. The van der Waals surface area contributed by atoms with Gasteiger partial charge in [-0.15, -0.1) is 0 Å². The molecule has 0 aliphatic heterocycles. The molecule has 1 aromatic carbocycles. The minimum Gasteiger partial charge on any atom is -0.477 e. The van der Waals surface area contributed by atoms with Crippen molar-refractivity contribution >= 4 is 10.8 Å². The van der Waals surface area contributed by atoms with Crippen molar-refractivity contribution in [1.82, 2.24) is 4.98 Å². The van der Waals surface area contributed by atoms with Crippen LogP contribution in [0.4, 0.5) is 0 Å². The third-order valence-corrected chi connectivity index (χ3v) is 3.91. The number of ether oxygens (including phenoxy) is 1. The van der Waals surface area contributed by atoms with Crippen LogP contribution in [0.25, 0.3) is 10.8 Å². The minimum absolute atomic E-state index is 0.0518. The average Bonchev–Trinajstić information content (AvgIpc) is 2.41. The van der Waals surface area contributed by atoms with Crippen molar-refractivity contribution in [2.24, 2.45) is 5.92 Å². The molecule has 3 rings (SSSR count). The van der Waals surface area contributed by atoms with E-state index in [4.69, 9.17) is 4.74 Å². The van der Waals surface area contributed by atoms with Gasteiger partial charge in [-0.25, -0.2) is 4.98 Å². The van der Waals surface area contributed by atoms with Crippen LogP contribution in [0, 0.1) is 5.92 Å². The van der Waals surface area contributed by atoms with E-state index in [1.54, 1.807) is 0 Å². The molecular weight excluding hydrogens is 238 g/mol. The predicted octanol–water partition coefficient (Wildman–Crippen LogP) is 3.30. The van der Waals surface area contributed by atoms with E-state index in [1.807, 2.05) is 30.3 Å². The molecule has 1 heterocycles. The molecule has 0 spiro atoms. The highest BCUT2D eigenvalue weighted by molar-refractivity contribution is 5.87. The molecule has 1 N–H and O–H groups in total. The fraction of sp³-hybridized carbons (Fsp3) is 0.438. The predicted molar refractivity (Wildman–Crippen MR) is 75.1 cm³/mol. The molecule has 3 heteroatoms. The number of aromatic nitrogens is 1. The SMILES string of the molecule is OCc1cc2ccccc2c(OCCC2CCC2)n1. The molecule has 0 bridgehead atoms. The van der Waals surface area contributed by atoms with Crippen LogP contribution in [0.1, 0.15) is 31.4 Å². The van der Waals surface area contributed by atoms with E-state index >= 15 is 0 Å². The van der Waals surface area contributed by atoms with Crippen LogP contribution in [0.5, 0.6) is 5.88 Å². The Morgan fingerprint density at radius 3 is 2.84 bits per heavy atom. The fourth-order valence-corrected chi connectivity index (χ4v) is 2.51. The Labute approximate surface area is 113 Å². The van der Waals surface area contributed by atoms with E-state index in [2.05, 4.69) is 4.98 Å². The van der Waals surface area contributed by atoms with Crippen molar-refractivity contribution in [2.75, 3.05) is 6.61 Å². The van der Waals surface area contributed by atoms with E-state index in [9.17, 15) is 5.11 Å². The van der Waals surface area contributed by atoms with Crippen LogP contribution in [0.3, 0.4) is 0 Å². The molecule has 2 aromatic rings. The summed E-state index contributed by atoms with van der Waals surface area (Å²) in [6.07, 6.45) is 5.16. The number of rotatable bonds is 5. The third kappa shape index (κ3) is 2.71. The highest BCUT2D eigenvalue weighted by atomic mass is 16.5.